The Bertz CT molecular complexity index is 828. The molecule has 1 aliphatic heterocycles. The molecule has 1 saturated heterocycles. The second-order valence-corrected chi connectivity index (χ2v) is 7.97. The molecule has 4 rings (SSSR count). The summed E-state index contributed by atoms with van der Waals surface area (Å²) in [6.45, 7) is 1.47. The van der Waals surface area contributed by atoms with Gasteiger partial charge in [0, 0.05) is 25.7 Å². The van der Waals surface area contributed by atoms with Crippen LogP contribution in [0.3, 0.4) is 0 Å². The van der Waals surface area contributed by atoms with Gasteiger partial charge in [0.1, 0.15) is 5.75 Å². The predicted octanol–water partition coefficient (Wildman–Crippen LogP) is 2.31. The minimum atomic E-state index is -1.33. The first-order valence-electron chi connectivity index (χ1n) is 10.0. The van der Waals surface area contributed by atoms with Crippen LogP contribution >= 0.6 is 0 Å². The summed E-state index contributed by atoms with van der Waals surface area (Å²) in [5.41, 5.74) is 2.41. The minimum absolute atomic E-state index is 0.176. The van der Waals surface area contributed by atoms with E-state index in [0.29, 0.717) is 26.1 Å². The summed E-state index contributed by atoms with van der Waals surface area (Å²) in [4.78, 5) is 14.8. The fourth-order valence-electron chi connectivity index (χ4n) is 4.39. The molecule has 1 aliphatic carbocycles. The van der Waals surface area contributed by atoms with Gasteiger partial charge in [-0.25, -0.2) is 0 Å². The van der Waals surface area contributed by atoms with Crippen molar-refractivity contribution in [1.82, 2.24) is 10.2 Å². The third-order valence-corrected chi connectivity index (χ3v) is 5.95. The largest absolute Gasteiger partial charge is 0.497 e. The highest BCUT2D eigenvalue weighted by atomic mass is 16.5. The number of ether oxygens (including phenoxy) is 1. The monoisotopic (exact) mass is 380 g/mol. The average Bonchev–Trinajstić information content (AvgIpc) is 3.13. The highest BCUT2D eigenvalue weighted by Gasteiger charge is 2.42. The number of carbonyl (C=O) groups excluding carboxylic acids is 1. The Labute approximate surface area is 166 Å². The number of hydrogen-bond donors (Lipinski definition) is 2. The summed E-state index contributed by atoms with van der Waals surface area (Å²) in [6, 6.07) is 16.5. The molecule has 148 valence electrons. The van der Waals surface area contributed by atoms with E-state index in [9.17, 15) is 9.90 Å². The van der Waals surface area contributed by atoms with Crippen molar-refractivity contribution >= 4 is 5.91 Å². The van der Waals surface area contributed by atoms with Gasteiger partial charge in [0.2, 0.25) is 0 Å². The first kappa shape index (κ1) is 19.0. The minimum Gasteiger partial charge on any atom is -0.497 e. The maximum absolute atomic E-state index is 13.0. The summed E-state index contributed by atoms with van der Waals surface area (Å²) < 4.78 is 5.27. The van der Waals surface area contributed by atoms with Gasteiger partial charge < -0.3 is 20.1 Å². The number of benzene rings is 2. The first-order valence-corrected chi connectivity index (χ1v) is 10.0. The van der Waals surface area contributed by atoms with Crippen molar-refractivity contribution < 1.29 is 14.6 Å². The summed E-state index contributed by atoms with van der Waals surface area (Å²) >= 11 is 0. The van der Waals surface area contributed by atoms with E-state index >= 15 is 0 Å². The predicted molar refractivity (Wildman–Crippen MR) is 108 cm³/mol. The van der Waals surface area contributed by atoms with Gasteiger partial charge in [-0.3, -0.25) is 4.79 Å². The highest BCUT2D eigenvalue weighted by Crippen LogP contribution is 2.26. The number of aliphatic hydroxyl groups is 1. The Balaban J connectivity index is 1.38. The van der Waals surface area contributed by atoms with E-state index in [0.717, 1.165) is 30.6 Å². The number of amides is 1. The third kappa shape index (κ3) is 3.91. The molecule has 0 aromatic heterocycles. The molecule has 0 spiro atoms. The molecule has 2 aromatic rings. The Morgan fingerprint density at radius 3 is 2.64 bits per heavy atom. The van der Waals surface area contributed by atoms with E-state index in [4.69, 9.17) is 4.74 Å². The molecule has 2 aliphatic rings. The van der Waals surface area contributed by atoms with Gasteiger partial charge in [-0.2, -0.15) is 0 Å². The zero-order valence-electron chi connectivity index (χ0n) is 16.4. The number of rotatable bonds is 6. The molecular weight excluding hydrogens is 352 g/mol. The number of likely N-dealkylation sites (tertiary alicyclic amines) is 1. The second-order valence-electron chi connectivity index (χ2n) is 7.97. The molecule has 1 fully saturated rings. The van der Waals surface area contributed by atoms with Gasteiger partial charge in [-0.1, -0.05) is 36.4 Å². The molecule has 1 amide bonds. The van der Waals surface area contributed by atoms with Gasteiger partial charge in [0.15, 0.2) is 5.60 Å². The topological polar surface area (TPSA) is 61.8 Å². The Morgan fingerprint density at radius 2 is 1.93 bits per heavy atom. The number of fused-ring (bicyclic) bond motifs is 1. The molecular formula is C23H28N2O3. The summed E-state index contributed by atoms with van der Waals surface area (Å²) in [5.74, 6) is 0.601. The van der Waals surface area contributed by atoms with Crippen molar-refractivity contribution in [3.05, 3.63) is 65.2 Å². The van der Waals surface area contributed by atoms with E-state index in [1.807, 2.05) is 24.3 Å². The molecule has 0 bridgehead atoms. The van der Waals surface area contributed by atoms with Crippen LogP contribution in [0.15, 0.2) is 48.5 Å². The number of nitrogens with zero attached hydrogens (tertiary/aromatic N) is 1. The molecule has 2 aromatic carbocycles. The zero-order valence-corrected chi connectivity index (χ0v) is 16.4. The number of nitrogens with one attached hydrogen (secondary N) is 1. The normalized spacial score (nSPS) is 22.4. The second kappa shape index (κ2) is 7.94. The number of methoxy groups -OCH3 is 1. The quantitative estimate of drug-likeness (QED) is 0.807. The van der Waals surface area contributed by atoms with Gasteiger partial charge in [0.05, 0.1) is 7.11 Å². The lowest BCUT2D eigenvalue weighted by Gasteiger charge is -2.39. The lowest BCUT2D eigenvalue weighted by atomic mass is 9.91. The zero-order chi connectivity index (χ0) is 19.6. The van der Waals surface area contributed by atoms with Crippen LogP contribution in [0.25, 0.3) is 0 Å². The fourth-order valence-corrected chi connectivity index (χ4v) is 4.39. The van der Waals surface area contributed by atoms with Crippen LogP contribution in [0.2, 0.25) is 0 Å². The van der Waals surface area contributed by atoms with E-state index < -0.39 is 5.60 Å². The van der Waals surface area contributed by atoms with E-state index in [2.05, 4.69) is 29.6 Å². The number of hydrogen-bond acceptors (Lipinski definition) is 4. The maximum Gasteiger partial charge on any atom is 0.256 e. The van der Waals surface area contributed by atoms with Gasteiger partial charge in [-0.15, -0.1) is 0 Å². The molecule has 0 unspecified atom stereocenters. The van der Waals surface area contributed by atoms with Crippen molar-refractivity contribution in [2.45, 2.75) is 43.9 Å². The van der Waals surface area contributed by atoms with Crippen LogP contribution in [-0.2, 0) is 24.2 Å². The Kier molecular flexibility index (Phi) is 5.38. The lowest BCUT2D eigenvalue weighted by Crippen LogP contribution is -2.58. The van der Waals surface area contributed by atoms with Crippen molar-refractivity contribution in [2.24, 2.45) is 0 Å². The first-order chi connectivity index (χ1) is 13.6. The average molecular weight is 380 g/mol. The smallest absolute Gasteiger partial charge is 0.256 e. The standard InChI is InChI=1S/C23H28N2O3/c1-28-21-9-4-6-17(12-21)15-25-11-5-10-23(27,22(25)26)16-24-20-13-18-7-2-3-8-19(18)14-20/h2-4,6-9,12,20,24,27H,5,10-11,13-16H2,1H3/t23-/m1/s1. The van der Waals surface area contributed by atoms with E-state index in [-0.39, 0.29) is 11.9 Å². The molecule has 0 radical (unpaired) electrons. The van der Waals surface area contributed by atoms with Crippen molar-refractivity contribution in [1.29, 1.82) is 0 Å². The van der Waals surface area contributed by atoms with Crippen molar-refractivity contribution in [3.8, 4) is 5.75 Å². The van der Waals surface area contributed by atoms with E-state index in [1.165, 1.54) is 11.1 Å². The van der Waals surface area contributed by atoms with Crippen LogP contribution in [0.1, 0.15) is 29.5 Å². The molecule has 5 nitrogen and oxygen atoms in total. The van der Waals surface area contributed by atoms with Gasteiger partial charge in [0.25, 0.3) is 5.91 Å². The molecule has 5 heteroatoms. The molecule has 28 heavy (non-hydrogen) atoms. The summed E-state index contributed by atoms with van der Waals surface area (Å²) in [5, 5.41) is 14.5. The van der Waals surface area contributed by atoms with Crippen LogP contribution < -0.4 is 10.1 Å². The fraction of sp³-hybridized carbons (Fsp3) is 0.435. The lowest BCUT2D eigenvalue weighted by molar-refractivity contribution is -0.157. The molecule has 0 saturated carbocycles. The molecule has 1 heterocycles. The van der Waals surface area contributed by atoms with E-state index in [1.54, 1.807) is 12.0 Å². The summed E-state index contributed by atoms with van der Waals surface area (Å²) in [7, 11) is 1.64. The number of piperidine rings is 1. The number of carbonyl (C=O) groups is 1. The molecule has 1 atom stereocenters. The van der Waals surface area contributed by atoms with Crippen molar-refractivity contribution in [3.63, 3.8) is 0 Å². The maximum atomic E-state index is 13.0. The van der Waals surface area contributed by atoms with Crippen molar-refractivity contribution in [2.75, 3.05) is 20.2 Å². The van der Waals surface area contributed by atoms with Crippen LogP contribution in [0.4, 0.5) is 0 Å². The van der Waals surface area contributed by atoms with Gasteiger partial charge >= 0.3 is 0 Å². The Hall–Kier alpha value is -2.37. The molecule has 2 N–H and O–H groups in total. The Morgan fingerprint density at radius 1 is 1.18 bits per heavy atom. The van der Waals surface area contributed by atoms with Crippen LogP contribution in [-0.4, -0.2) is 47.8 Å². The van der Waals surface area contributed by atoms with Crippen LogP contribution in [0, 0.1) is 0 Å². The van der Waals surface area contributed by atoms with Crippen LogP contribution in [0.5, 0.6) is 5.75 Å². The summed E-state index contributed by atoms with van der Waals surface area (Å²) in [6.07, 6.45) is 3.22. The highest BCUT2D eigenvalue weighted by molar-refractivity contribution is 5.86. The SMILES string of the molecule is COc1cccc(CN2CCC[C@@](O)(CNC3Cc4ccccc4C3)C2=O)c1. The third-order valence-electron chi connectivity index (χ3n) is 5.95. The van der Waals surface area contributed by atoms with Gasteiger partial charge in [-0.05, 0) is 54.5 Å².